The second-order valence-electron chi connectivity index (χ2n) is 5.52. The Kier molecular flexibility index (Phi) is 6.52. The summed E-state index contributed by atoms with van der Waals surface area (Å²) in [6, 6.07) is 8.04. The van der Waals surface area contributed by atoms with Crippen molar-refractivity contribution in [2.24, 2.45) is 4.99 Å². The van der Waals surface area contributed by atoms with E-state index in [9.17, 15) is 4.79 Å². The number of isocyanates is 1. The lowest BCUT2D eigenvalue weighted by atomic mass is 9.75. The highest BCUT2D eigenvalue weighted by molar-refractivity contribution is 5.49. The van der Waals surface area contributed by atoms with Crippen LogP contribution in [0.5, 0.6) is 0 Å². The maximum Gasteiger partial charge on any atom is 0.240 e. The number of nitrogens with zero attached hydrogens (tertiary/aromatic N) is 1. The fraction of sp³-hybridized carbons (Fsp3) is 0.588. The number of carbonyl (C=O) groups excluding carboxylic acids is 1. The first-order chi connectivity index (χ1) is 9.16. The summed E-state index contributed by atoms with van der Waals surface area (Å²) in [5, 5.41) is 0. The van der Waals surface area contributed by atoms with Crippen LogP contribution in [-0.4, -0.2) is 6.08 Å². The molecule has 2 nitrogen and oxygen atoms in total. The van der Waals surface area contributed by atoms with Gasteiger partial charge < -0.3 is 0 Å². The van der Waals surface area contributed by atoms with Gasteiger partial charge in [-0.3, -0.25) is 0 Å². The minimum Gasteiger partial charge on any atom is -0.211 e. The Hall–Kier alpha value is -1.40. The number of benzene rings is 1. The van der Waals surface area contributed by atoms with Gasteiger partial charge in [0.15, 0.2) is 0 Å². The fourth-order valence-electron chi connectivity index (χ4n) is 2.72. The molecule has 1 unspecified atom stereocenters. The summed E-state index contributed by atoms with van der Waals surface area (Å²) in [7, 11) is 0. The summed E-state index contributed by atoms with van der Waals surface area (Å²) < 4.78 is 0. The summed E-state index contributed by atoms with van der Waals surface area (Å²) in [5.41, 5.74) is 2.29. The van der Waals surface area contributed by atoms with Crippen molar-refractivity contribution in [1.29, 1.82) is 0 Å². The Morgan fingerprint density at radius 1 is 1.05 bits per heavy atom. The van der Waals surface area contributed by atoms with E-state index in [1.165, 1.54) is 44.1 Å². The van der Waals surface area contributed by atoms with Gasteiger partial charge >= 0.3 is 0 Å². The van der Waals surface area contributed by atoms with Gasteiger partial charge in [0.05, 0.1) is 5.69 Å². The average molecular weight is 259 g/mol. The second kappa shape index (κ2) is 7.91. The van der Waals surface area contributed by atoms with Gasteiger partial charge in [-0.25, -0.2) is 4.79 Å². The zero-order chi connectivity index (χ0) is 14.1. The lowest BCUT2D eigenvalue weighted by Gasteiger charge is -2.30. The first-order valence-electron chi connectivity index (χ1n) is 7.34. The third kappa shape index (κ3) is 4.65. The van der Waals surface area contributed by atoms with E-state index in [2.05, 4.69) is 37.9 Å². The van der Waals surface area contributed by atoms with Gasteiger partial charge in [-0.1, -0.05) is 58.6 Å². The third-order valence-corrected chi connectivity index (χ3v) is 3.87. The van der Waals surface area contributed by atoms with Crippen LogP contribution in [0, 0.1) is 0 Å². The standard InChI is InChI=1S/C17H25NO/c1-4-6-7-13-17(3,12-5-2)15-8-10-16(11-9-15)18-14-19/h8-11H,4-7,12-13H2,1-3H3. The van der Waals surface area contributed by atoms with Crippen LogP contribution in [0.3, 0.4) is 0 Å². The monoisotopic (exact) mass is 259 g/mol. The van der Waals surface area contributed by atoms with Crippen molar-refractivity contribution >= 4 is 11.8 Å². The topological polar surface area (TPSA) is 29.4 Å². The van der Waals surface area contributed by atoms with Crippen molar-refractivity contribution in [3.8, 4) is 0 Å². The van der Waals surface area contributed by atoms with Gasteiger partial charge in [-0.05, 0) is 36.0 Å². The number of hydrogen-bond donors (Lipinski definition) is 0. The summed E-state index contributed by atoms with van der Waals surface area (Å²) in [4.78, 5) is 13.9. The number of rotatable bonds is 8. The Bertz CT molecular complexity index is 417. The molecule has 0 aliphatic heterocycles. The zero-order valence-electron chi connectivity index (χ0n) is 12.4. The van der Waals surface area contributed by atoms with Gasteiger partial charge in [-0.15, -0.1) is 0 Å². The third-order valence-electron chi connectivity index (χ3n) is 3.87. The van der Waals surface area contributed by atoms with Gasteiger partial charge in [0.25, 0.3) is 0 Å². The highest BCUT2D eigenvalue weighted by Crippen LogP contribution is 2.35. The summed E-state index contributed by atoms with van der Waals surface area (Å²) in [6.45, 7) is 6.83. The van der Waals surface area contributed by atoms with E-state index in [1.54, 1.807) is 6.08 Å². The molecule has 104 valence electrons. The Morgan fingerprint density at radius 2 is 1.74 bits per heavy atom. The minimum atomic E-state index is 0.243. The van der Waals surface area contributed by atoms with Crippen molar-refractivity contribution in [3.63, 3.8) is 0 Å². The average Bonchev–Trinajstić information content (AvgIpc) is 2.40. The van der Waals surface area contributed by atoms with Crippen LogP contribution < -0.4 is 0 Å². The molecular formula is C17H25NO. The van der Waals surface area contributed by atoms with Crippen LogP contribution >= 0.6 is 0 Å². The van der Waals surface area contributed by atoms with Crippen molar-refractivity contribution in [2.75, 3.05) is 0 Å². The molecule has 0 bridgehead atoms. The first kappa shape index (κ1) is 15.7. The molecule has 0 amide bonds. The number of aliphatic imine (C=N–C) groups is 1. The molecular weight excluding hydrogens is 234 g/mol. The van der Waals surface area contributed by atoms with Crippen LogP contribution in [0.1, 0.15) is 64.9 Å². The van der Waals surface area contributed by atoms with Crippen molar-refractivity contribution in [3.05, 3.63) is 29.8 Å². The quantitative estimate of drug-likeness (QED) is 0.354. The minimum absolute atomic E-state index is 0.243. The van der Waals surface area contributed by atoms with E-state index >= 15 is 0 Å². The molecule has 1 aromatic rings. The molecule has 0 spiro atoms. The van der Waals surface area contributed by atoms with E-state index < -0.39 is 0 Å². The highest BCUT2D eigenvalue weighted by Gasteiger charge is 2.24. The molecule has 0 aromatic heterocycles. The molecule has 1 atom stereocenters. The Balaban J connectivity index is 2.87. The largest absolute Gasteiger partial charge is 0.240 e. The summed E-state index contributed by atoms with van der Waals surface area (Å²) in [5.74, 6) is 0. The van der Waals surface area contributed by atoms with E-state index in [0.29, 0.717) is 5.69 Å². The van der Waals surface area contributed by atoms with Crippen LogP contribution in [0.15, 0.2) is 29.3 Å². The summed E-state index contributed by atoms with van der Waals surface area (Å²) >= 11 is 0. The molecule has 0 aliphatic carbocycles. The molecule has 0 radical (unpaired) electrons. The SMILES string of the molecule is CCCCCC(C)(CCC)c1ccc(N=C=O)cc1. The van der Waals surface area contributed by atoms with Gasteiger partial charge in [0.1, 0.15) is 0 Å². The summed E-state index contributed by atoms with van der Waals surface area (Å²) in [6.07, 6.45) is 9.04. The fourth-order valence-corrected chi connectivity index (χ4v) is 2.72. The Labute approximate surface area is 117 Å². The Morgan fingerprint density at radius 3 is 2.26 bits per heavy atom. The molecule has 0 saturated heterocycles. The molecule has 2 heteroatoms. The molecule has 1 aromatic carbocycles. The zero-order valence-corrected chi connectivity index (χ0v) is 12.4. The smallest absolute Gasteiger partial charge is 0.211 e. The lowest BCUT2D eigenvalue weighted by molar-refractivity contribution is 0.379. The van der Waals surface area contributed by atoms with Gasteiger partial charge in [0.2, 0.25) is 6.08 Å². The maximum atomic E-state index is 10.2. The van der Waals surface area contributed by atoms with E-state index in [0.717, 1.165) is 0 Å². The van der Waals surface area contributed by atoms with Crippen LogP contribution in [0.4, 0.5) is 5.69 Å². The van der Waals surface area contributed by atoms with Gasteiger partial charge in [-0.2, -0.15) is 4.99 Å². The van der Waals surface area contributed by atoms with Crippen LogP contribution in [0.2, 0.25) is 0 Å². The van der Waals surface area contributed by atoms with Crippen molar-refractivity contribution in [2.45, 2.75) is 64.7 Å². The highest BCUT2D eigenvalue weighted by atomic mass is 16.1. The number of unbranched alkanes of at least 4 members (excludes halogenated alkanes) is 2. The normalized spacial score (nSPS) is 13.6. The predicted molar refractivity (Wildman–Crippen MR) is 80.6 cm³/mol. The van der Waals surface area contributed by atoms with E-state index in [4.69, 9.17) is 0 Å². The van der Waals surface area contributed by atoms with Crippen LogP contribution in [0.25, 0.3) is 0 Å². The predicted octanol–water partition coefficient (Wildman–Crippen LogP) is 5.29. The van der Waals surface area contributed by atoms with E-state index in [-0.39, 0.29) is 5.41 Å². The number of hydrogen-bond acceptors (Lipinski definition) is 2. The molecule has 0 aliphatic rings. The molecule has 0 saturated carbocycles. The van der Waals surface area contributed by atoms with E-state index in [1.807, 2.05) is 12.1 Å². The second-order valence-corrected chi connectivity index (χ2v) is 5.52. The van der Waals surface area contributed by atoms with Gasteiger partial charge in [0, 0.05) is 0 Å². The molecule has 0 fully saturated rings. The molecule has 1 rings (SSSR count). The lowest BCUT2D eigenvalue weighted by Crippen LogP contribution is -2.21. The molecule has 19 heavy (non-hydrogen) atoms. The van der Waals surface area contributed by atoms with Crippen molar-refractivity contribution < 1.29 is 4.79 Å². The molecule has 0 heterocycles. The van der Waals surface area contributed by atoms with Crippen molar-refractivity contribution in [1.82, 2.24) is 0 Å². The first-order valence-corrected chi connectivity index (χ1v) is 7.34. The molecule has 0 N–H and O–H groups in total. The maximum absolute atomic E-state index is 10.2. The van der Waals surface area contributed by atoms with Crippen LogP contribution in [-0.2, 0) is 10.2 Å².